The molecule has 0 spiro atoms. The van der Waals surface area contributed by atoms with Crippen molar-refractivity contribution in [2.75, 3.05) is 0 Å². The fourth-order valence-corrected chi connectivity index (χ4v) is 1.99. The van der Waals surface area contributed by atoms with E-state index in [1.165, 1.54) is 11.9 Å². The van der Waals surface area contributed by atoms with Crippen molar-refractivity contribution in [1.29, 1.82) is 0 Å². The lowest BCUT2D eigenvalue weighted by Gasteiger charge is -1.95. The Balaban J connectivity index is 2.03. The van der Waals surface area contributed by atoms with Crippen molar-refractivity contribution in [1.82, 2.24) is 9.97 Å². The zero-order valence-electron chi connectivity index (χ0n) is 8.25. The smallest absolute Gasteiger partial charge is 0.151 e. The highest BCUT2D eigenvalue weighted by Crippen LogP contribution is 2.23. The molecular formula is C11H8BrN3S. The van der Waals surface area contributed by atoms with Crippen LogP contribution in [0.4, 0.5) is 0 Å². The number of hydrogen-bond donors (Lipinski definition) is 0. The van der Waals surface area contributed by atoms with Gasteiger partial charge in [-0.3, -0.25) is 0 Å². The summed E-state index contributed by atoms with van der Waals surface area (Å²) in [6, 6.07) is 9.92. The van der Waals surface area contributed by atoms with Gasteiger partial charge in [0.2, 0.25) is 0 Å². The minimum atomic E-state index is 0.713. The highest BCUT2D eigenvalue weighted by molar-refractivity contribution is 9.10. The zero-order valence-corrected chi connectivity index (χ0v) is 10.6. The second-order valence-electron chi connectivity index (χ2n) is 2.89. The number of benzene rings is 1. The van der Waals surface area contributed by atoms with Crippen molar-refractivity contribution in [3.63, 3.8) is 0 Å². The third-order valence-corrected chi connectivity index (χ3v) is 3.29. The van der Waals surface area contributed by atoms with E-state index in [9.17, 15) is 0 Å². The first-order valence-electron chi connectivity index (χ1n) is 4.58. The standard InChI is InChI=1S/C11H8BrN3S/c12-10-11(14-7-6-13-10)16-15-8-9-4-2-1-3-5-9/h1-8H/b15-8+. The van der Waals surface area contributed by atoms with Gasteiger partial charge in [0.25, 0.3) is 0 Å². The van der Waals surface area contributed by atoms with E-state index in [2.05, 4.69) is 30.3 Å². The van der Waals surface area contributed by atoms with Crippen LogP contribution in [0, 0.1) is 0 Å². The van der Waals surface area contributed by atoms with Gasteiger partial charge in [-0.05, 0) is 21.5 Å². The molecule has 0 bridgehead atoms. The lowest BCUT2D eigenvalue weighted by Crippen LogP contribution is -1.83. The number of rotatable bonds is 3. The molecule has 1 heterocycles. The minimum Gasteiger partial charge on any atom is -0.245 e. The molecule has 80 valence electrons. The summed E-state index contributed by atoms with van der Waals surface area (Å²) >= 11 is 4.61. The molecule has 3 nitrogen and oxygen atoms in total. The van der Waals surface area contributed by atoms with Crippen LogP contribution in [0.25, 0.3) is 0 Å². The van der Waals surface area contributed by atoms with Gasteiger partial charge >= 0.3 is 0 Å². The molecule has 0 saturated carbocycles. The third kappa shape index (κ3) is 3.15. The first-order chi connectivity index (χ1) is 7.86. The van der Waals surface area contributed by atoms with Crippen molar-refractivity contribution >= 4 is 34.1 Å². The molecule has 2 aromatic rings. The van der Waals surface area contributed by atoms with Gasteiger partial charge in [-0.25, -0.2) is 14.4 Å². The van der Waals surface area contributed by atoms with Crippen LogP contribution < -0.4 is 0 Å². The molecule has 0 saturated heterocycles. The molecule has 0 fully saturated rings. The van der Waals surface area contributed by atoms with E-state index in [0.717, 1.165) is 10.6 Å². The Morgan fingerprint density at radius 3 is 2.62 bits per heavy atom. The van der Waals surface area contributed by atoms with Crippen LogP contribution in [0.1, 0.15) is 5.56 Å². The maximum atomic E-state index is 4.23. The normalized spacial score (nSPS) is 10.8. The summed E-state index contributed by atoms with van der Waals surface area (Å²) in [6.07, 6.45) is 5.08. The van der Waals surface area contributed by atoms with Gasteiger partial charge in [-0.2, -0.15) is 0 Å². The Labute approximate surface area is 106 Å². The number of nitrogens with zero attached hydrogens (tertiary/aromatic N) is 3. The van der Waals surface area contributed by atoms with E-state index in [0.29, 0.717) is 4.60 Å². The quantitative estimate of drug-likeness (QED) is 0.643. The van der Waals surface area contributed by atoms with E-state index in [4.69, 9.17) is 0 Å². The Kier molecular flexibility index (Phi) is 4.07. The Bertz CT molecular complexity index is 488. The van der Waals surface area contributed by atoms with Gasteiger partial charge in [0.15, 0.2) is 5.03 Å². The van der Waals surface area contributed by atoms with Crippen molar-refractivity contribution < 1.29 is 0 Å². The van der Waals surface area contributed by atoms with Gasteiger partial charge in [0.05, 0.1) is 0 Å². The number of halogens is 1. The van der Waals surface area contributed by atoms with Crippen molar-refractivity contribution in [2.45, 2.75) is 5.03 Å². The molecule has 0 atom stereocenters. The van der Waals surface area contributed by atoms with Gasteiger partial charge in [-0.1, -0.05) is 30.3 Å². The first kappa shape index (κ1) is 11.3. The van der Waals surface area contributed by atoms with Crippen LogP contribution in [0.2, 0.25) is 0 Å². The van der Waals surface area contributed by atoms with Crippen molar-refractivity contribution in [3.8, 4) is 0 Å². The van der Waals surface area contributed by atoms with E-state index < -0.39 is 0 Å². The lowest BCUT2D eigenvalue weighted by atomic mass is 10.2. The molecule has 0 aliphatic rings. The first-order valence-corrected chi connectivity index (χ1v) is 6.15. The van der Waals surface area contributed by atoms with E-state index in [1.54, 1.807) is 18.6 Å². The summed E-state index contributed by atoms with van der Waals surface area (Å²) in [5.41, 5.74) is 1.06. The second-order valence-corrected chi connectivity index (χ2v) is 4.42. The topological polar surface area (TPSA) is 38.1 Å². The molecule has 5 heteroatoms. The lowest BCUT2D eigenvalue weighted by molar-refractivity contribution is 1.02. The van der Waals surface area contributed by atoms with Crippen molar-refractivity contribution in [2.24, 2.45) is 4.40 Å². The largest absolute Gasteiger partial charge is 0.245 e. The van der Waals surface area contributed by atoms with Crippen molar-refractivity contribution in [3.05, 3.63) is 52.9 Å². The SMILES string of the molecule is Brc1nccnc1S/N=C/c1ccccc1. The van der Waals surface area contributed by atoms with E-state index in [1.807, 2.05) is 30.3 Å². The molecule has 1 aromatic heterocycles. The van der Waals surface area contributed by atoms with Gasteiger partial charge in [0.1, 0.15) is 4.60 Å². The maximum Gasteiger partial charge on any atom is 0.151 e. The zero-order chi connectivity index (χ0) is 11.2. The predicted molar refractivity (Wildman–Crippen MR) is 69.6 cm³/mol. The summed E-state index contributed by atoms with van der Waals surface area (Å²) in [5.74, 6) is 0. The average molecular weight is 294 g/mol. The molecule has 1 aromatic carbocycles. The summed E-state index contributed by atoms with van der Waals surface area (Å²) < 4.78 is 4.95. The van der Waals surface area contributed by atoms with E-state index in [-0.39, 0.29) is 0 Å². The number of aromatic nitrogens is 2. The molecule has 0 radical (unpaired) electrons. The van der Waals surface area contributed by atoms with E-state index >= 15 is 0 Å². The molecule has 0 unspecified atom stereocenters. The van der Waals surface area contributed by atoms with Crippen LogP contribution in [-0.2, 0) is 0 Å². The molecule has 0 aliphatic carbocycles. The molecule has 2 rings (SSSR count). The Hall–Kier alpha value is -1.20. The summed E-state index contributed by atoms with van der Waals surface area (Å²) in [4.78, 5) is 8.21. The highest BCUT2D eigenvalue weighted by atomic mass is 79.9. The van der Waals surface area contributed by atoms with Crippen LogP contribution in [0.5, 0.6) is 0 Å². The molecule has 16 heavy (non-hydrogen) atoms. The van der Waals surface area contributed by atoms with Gasteiger partial charge in [-0.15, -0.1) is 0 Å². The Morgan fingerprint density at radius 1 is 1.12 bits per heavy atom. The summed E-state index contributed by atoms with van der Waals surface area (Å²) in [7, 11) is 0. The van der Waals surface area contributed by atoms with Gasteiger partial charge < -0.3 is 0 Å². The second kappa shape index (κ2) is 5.77. The summed E-state index contributed by atoms with van der Waals surface area (Å²) in [6.45, 7) is 0. The monoisotopic (exact) mass is 293 g/mol. The molecular weight excluding hydrogens is 286 g/mol. The Morgan fingerprint density at radius 2 is 1.88 bits per heavy atom. The van der Waals surface area contributed by atoms with Crippen LogP contribution in [0.3, 0.4) is 0 Å². The molecule has 0 amide bonds. The third-order valence-electron chi connectivity index (χ3n) is 1.76. The highest BCUT2D eigenvalue weighted by Gasteiger charge is 2.00. The van der Waals surface area contributed by atoms with Gasteiger partial charge in [0, 0.05) is 30.6 Å². The number of hydrogen-bond acceptors (Lipinski definition) is 4. The predicted octanol–water partition coefficient (Wildman–Crippen LogP) is 3.37. The van der Waals surface area contributed by atoms with Crippen LogP contribution >= 0.6 is 27.9 Å². The maximum absolute atomic E-state index is 4.23. The van der Waals surface area contributed by atoms with Crippen LogP contribution in [-0.4, -0.2) is 16.2 Å². The van der Waals surface area contributed by atoms with Crippen LogP contribution in [0.15, 0.2) is 56.8 Å². The average Bonchev–Trinajstić information content (AvgIpc) is 2.33. The minimum absolute atomic E-state index is 0.713. The summed E-state index contributed by atoms with van der Waals surface area (Å²) in [5, 5.41) is 0.759. The fourth-order valence-electron chi connectivity index (χ4n) is 1.05. The fraction of sp³-hybridized carbons (Fsp3) is 0. The molecule has 0 aliphatic heterocycles. The molecule has 0 N–H and O–H groups in total.